The number of hydrogen-bond acceptors (Lipinski definition) is 4. The number of aromatic hydroxyl groups is 2. The minimum Gasteiger partial charge on any atom is -0.507 e. The van der Waals surface area contributed by atoms with Crippen LogP contribution in [0, 0.1) is 6.92 Å². The van der Waals surface area contributed by atoms with Gasteiger partial charge in [-0.3, -0.25) is 0 Å². The fraction of sp³-hybridized carbons (Fsp3) is 0.167. The minimum atomic E-state index is -0.182. The Morgan fingerprint density at radius 1 is 1.13 bits per heavy atom. The zero-order valence-electron chi connectivity index (χ0n) is 12.8. The van der Waals surface area contributed by atoms with Crippen molar-refractivity contribution < 1.29 is 14.7 Å². The van der Waals surface area contributed by atoms with Gasteiger partial charge >= 0.3 is 0 Å². The molecular formula is C18H16ClNO3. The van der Waals surface area contributed by atoms with E-state index in [1.165, 1.54) is 17.7 Å². The molecule has 2 N–H and O–H groups in total. The predicted octanol–water partition coefficient (Wildman–Crippen LogP) is 4.94. The van der Waals surface area contributed by atoms with Crippen molar-refractivity contribution in [1.82, 2.24) is 5.16 Å². The minimum absolute atomic E-state index is 0.115. The molecule has 3 aromatic rings. The summed E-state index contributed by atoms with van der Waals surface area (Å²) in [6, 6.07) is 10.7. The van der Waals surface area contributed by atoms with E-state index < -0.39 is 0 Å². The first-order chi connectivity index (χ1) is 11.0. The Morgan fingerprint density at radius 3 is 2.65 bits per heavy atom. The number of rotatable bonds is 3. The van der Waals surface area contributed by atoms with E-state index >= 15 is 0 Å². The van der Waals surface area contributed by atoms with E-state index in [1.54, 1.807) is 0 Å². The van der Waals surface area contributed by atoms with Crippen LogP contribution in [0.5, 0.6) is 11.5 Å². The van der Waals surface area contributed by atoms with E-state index in [0.717, 1.165) is 23.2 Å². The molecule has 0 aliphatic heterocycles. The molecule has 0 atom stereocenters. The topological polar surface area (TPSA) is 66.5 Å². The van der Waals surface area contributed by atoms with Gasteiger partial charge in [-0.25, -0.2) is 0 Å². The molecule has 0 spiro atoms. The summed E-state index contributed by atoms with van der Waals surface area (Å²) in [6.07, 6.45) is 0.920. The average molecular weight is 330 g/mol. The number of halogens is 1. The molecule has 0 saturated heterocycles. The van der Waals surface area contributed by atoms with Crippen molar-refractivity contribution in [2.45, 2.75) is 20.3 Å². The maximum Gasteiger partial charge on any atom is 0.178 e. The maximum atomic E-state index is 10.1. The number of phenolic OH excluding ortho intramolecular Hbond substituents is 2. The van der Waals surface area contributed by atoms with Crippen LogP contribution in [0.2, 0.25) is 5.02 Å². The first-order valence-electron chi connectivity index (χ1n) is 7.28. The third-order valence-electron chi connectivity index (χ3n) is 3.80. The van der Waals surface area contributed by atoms with Crippen molar-refractivity contribution in [2.24, 2.45) is 0 Å². The van der Waals surface area contributed by atoms with Crippen LogP contribution < -0.4 is 0 Å². The van der Waals surface area contributed by atoms with Crippen molar-refractivity contribution in [3.05, 3.63) is 52.7 Å². The zero-order chi connectivity index (χ0) is 16.6. The molecule has 0 unspecified atom stereocenters. The quantitative estimate of drug-likeness (QED) is 0.714. The van der Waals surface area contributed by atoms with Crippen molar-refractivity contribution in [3.8, 4) is 33.9 Å². The molecule has 0 aliphatic carbocycles. The summed E-state index contributed by atoms with van der Waals surface area (Å²) < 4.78 is 5.43. The summed E-state index contributed by atoms with van der Waals surface area (Å²) in [6.45, 7) is 3.94. The van der Waals surface area contributed by atoms with E-state index in [9.17, 15) is 10.2 Å². The van der Waals surface area contributed by atoms with Gasteiger partial charge in [0.1, 0.15) is 11.5 Å². The van der Waals surface area contributed by atoms with Crippen LogP contribution in [0.4, 0.5) is 0 Å². The predicted molar refractivity (Wildman–Crippen MR) is 89.8 cm³/mol. The van der Waals surface area contributed by atoms with Gasteiger partial charge in [0.15, 0.2) is 5.76 Å². The highest BCUT2D eigenvalue weighted by molar-refractivity contribution is 6.32. The van der Waals surface area contributed by atoms with Crippen LogP contribution in [-0.4, -0.2) is 15.4 Å². The molecule has 4 nitrogen and oxygen atoms in total. The number of phenols is 2. The molecule has 0 fully saturated rings. The molecule has 23 heavy (non-hydrogen) atoms. The van der Waals surface area contributed by atoms with Gasteiger partial charge in [0.2, 0.25) is 0 Å². The highest BCUT2D eigenvalue weighted by atomic mass is 35.5. The number of aryl methyl sites for hydroxylation is 2. The summed E-state index contributed by atoms with van der Waals surface area (Å²) in [7, 11) is 0. The summed E-state index contributed by atoms with van der Waals surface area (Å²) in [4.78, 5) is 0. The number of hydrogen-bond donors (Lipinski definition) is 2. The Bertz CT molecular complexity index is 871. The van der Waals surface area contributed by atoms with E-state index in [4.69, 9.17) is 16.1 Å². The van der Waals surface area contributed by atoms with Crippen LogP contribution in [0.25, 0.3) is 22.5 Å². The van der Waals surface area contributed by atoms with E-state index in [1.807, 2.05) is 19.1 Å². The maximum absolute atomic E-state index is 10.1. The molecular weight excluding hydrogens is 314 g/mol. The number of nitrogens with zero attached hydrogens (tertiary/aromatic N) is 1. The molecule has 0 amide bonds. The molecule has 0 aliphatic rings. The van der Waals surface area contributed by atoms with Crippen molar-refractivity contribution in [3.63, 3.8) is 0 Å². The Labute approximate surface area is 138 Å². The van der Waals surface area contributed by atoms with Crippen LogP contribution in [0.1, 0.15) is 18.2 Å². The van der Waals surface area contributed by atoms with Crippen LogP contribution in [-0.2, 0) is 6.42 Å². The fourth-order valence-electron chi connectivity index (χ4n) is 2.57. The Morgan fingerprint density at radius 2 is 1.91 bits per heavy atom. The largest absolute Gasteiger partial charge is 0.507 e. The van der Waals surface area contributed by atoms with E-state index in [-0.39, 0.29) is 16.5 Å². The molecule has 1 aromatic heterocycles. The lowest BCUT2D eigenvalue weighted by atomic mass is 9.97. The number of benzene rings is 2. The molecule has 1 heterocycles. The van der Waals surface area contributed by atoms with Gasteiger partial charge in [-0.05, 0) is 30.5 Å². The first kappa shape index (κ1) is 15.4. The number of aromatic nitrogens is 1. The van der Waals surface area contributed by atoms with Gasteiger partial charge in [0.05, 0.1) is 21.8 Å². The monoisotopic (exact) mass is 329 g/mol. The highest BCUT2D eigenvalue weighted by Crippen LogP contribution is 2.42. The Balaban J connectivity index is 2.22. The van der Waals surface area contributed by atoms with Crippen LogP contribution in [0.3, 0.4) is 0 Å². The van der Waals surface area contributed by atoms with Gasteiger partial charge in [0.25, 0.3) is 0 Å². The van der Waals surface area contributed by atoms with E-state index in [0.29, 0.717) is 11.3 Å². The average Bonchev–Trinajstić information content (AvgIpc) is 2.92. The van der Waals surface area contributed by atoms with Gasteiger partial charge < -0.3 is 14.7 Å². The van der Waals surface area contributed by atoms with Crippen molar-refractivity contribution in [2.75, 3.05) is 0 Å². The molecule has 3 rings (SSSR count). The SMILES string of the molecule is CCc1cccc(-c2c(C)noc2-c2cc(Cl)c(O)cc2O)c1. The molecule has 2 aromatic carbocycles. The highest BCUT2D eigenvalue weighted by Gasteiger charge is 2.21. The lowest BCUT2D eigenvalue weighted by Gasteiger charge is -2.08. The second-order valence-corrected chi connectivity index (χ2v) is 5.75. The third-order valence-corrected chi connectivity index (χ3v) is 4.10. The molecule has 0 saturated carbocycles. The van der Waals surface area contributed by atoms with Crippen molar-refractivity contribution in [1.29, 1.82) is 0 Å². The van der Waals surface area contributed by atoms with Gasteiger partial charge in [-0.1, -0.05) is 47.9 Å². The summed E-state index contributed by atoms with van der Waals surface area (Å²) in [5, 5.41) is 23.9. The van der Waals surface area contributed by atoms with Crippen LogP contribution in [0.15, 0.2) is 40.9 Å². The van der Waals surface area contributed by atoms with Gasteiger partial charge in [0, 0.05) is 6.07 Å². The standard InChI is InChI=1S/C18H16ClNO3/c1-3-11-5-4-6-12(7-11)17-10(2)20-23-18(17)13-8-14(19)16(22)9-15(13)21/h4-9,21-22H,3H2,1-2H3. The lowest BCUT2D eigenvalue weighted by Crippen LogP contribution is -1.87. The molecule has 0 radical (unpaired) electrons. The van der Waals surface area contributed by atoms with Crippen molar-refractivity contribution >= 4 is 11.6 Å². The zero-order valence-corrected chi connectivity index (χ0v) is 13.6. The fourth-order valence-corrected chi connectivity index (χ4v) is 2.74. The van der Waals surface area contributed by atoms with Gasteiger partial charge in [-0.2, -0.15) is 0 Å². The second kappa shape index (κ2) is 5.97. The molecule has 118 valence electrons. The molecule has 0 bridgehead atoms. The summed E-state index contributed by atoms with van der Waals surface area (Å²) in [5.74, 6) is 0.129. The second-order valence-electron chi connectivity index (χ2n) is 5.35. The Kier molecular flexibility index (Phi) is 4.01. The summed E-state index contributed by atoms with van der Waals surface area (Å²) in [5.41, 5.74) is 4.07. The smallest absolute Gasteiger partial charge is 0.178 e. The lowest BCUT2D eigenvalue weighted by molar-refractivity contribution is 0.420. The van der Waals surface area contributed by atoms with Gasteiger partial charge in [-0.15, -0.1) is 0 Å². The summed E-state index contributed by atoms with van der Waals surface area (Å²) >= 11 is 5.97. The Hall–Kier alpha value is -2.46. The molecule has 5 heteroatoms. The van der Waals surface area contributed by atoms with E-state index in [2.05, 4.69) is 24.2 Å². The first-order valence-corrected chi connectivity index (χ1v) is 7.66. The normalized spacial score (nSPS) is 10.9. The third kappa shape index (κ3) is 2.78. The van der Waals surface area contributed by atoms with Crippen LogP contribution >= 0.6 is 11.6 Å².